The summed E-state index contributed by atoms with van der Waals surface area (Å²) in [4.78, 5) is 24.1. The third-order valence-corrected chi connectivity index (χ3v) is 4.94. The van der Waals surface area contributed by atoms with E-state index in [9.17, 15) is 14.7 Å². The number of hydrogen-bond donors (Lipinski definition) is 2. The molecular weight excluding hydrogens is 382 g/mol. The summed E-state index contributed by atoms with van der Waals surface area (Å²) in [6.07, 6.45) is 2.39. The molecule has 7 heteroatoms. The van der Waals surface area contributed by atoms with Gasteiger partial charge in [-0.05, 0) is 35.6 Å². The van der Waals surface area contributed by atoms with Crippen molar-refractivity contribution in [3.05, 3.63) is 71.9 Å². The van der Waals surface area contributed by atoms with Crippen LogP contribution in [0.4, 0.5) is 0 Å². The molecule has 0 spiro atoms. The van der Waals surface area contributed by atoms with E-state index in [1.165, 1.54) is 7.11 Å². The first kappa shape index (κ1) is 21.4. The van der Waals surface area contributed by atoms with E-state index < -0.39 is 11.9 Å². The van der Waals surface area contributed by atoms with Gasteiger partial charge in [0.1, 0.15) is 5.70 Å². The van der Waals surface area contributed by atoms with Crippen LogP contribution in [-0.4, -0.2) is 43.3 Å². The number of benzene rings is 2. The zero-order valence-electron chi connectivity index (χ0n) is 16.8. The van der Waals surface area contributed by atoms with Crippen LogP contribution in [0.1, 0.15) is 12.0 Å². The Kier molecular flexibility index (Phi) is 7.45. The molecule has 0 aromatic heterocycles. The zero-order chi connectivity index (χ0) is 21.3. The Balaban J connectivity index is 1.74. The van der Waals surface area contributed by atoms with Crippen molar-refractivity contribution < 1.29 is 19.4 Å². The third-order valence-electron chi connectivity index (χ3n) is 4.94. The predicted octanol–water partition coefficient (Wildman–Crippen LogP) is 3.47. The molecule has 1 amide bonds. The second-order valence-corrected chi connectivity index (χ2v) is 7.18. The SMILES string of the molecule is COC[C@H](C[C@@H](Cc1ccc(-c2ccccc2)cc1)NC(=O)C1=CCN=N1)C(=O)O. The summed E-state index contributed by atoms with van der Waals surface area (Å²) in [5.41, 5.74) is 3.49. The minimum absolute atomic E-state index is 0.0804. The number of azo groups is 1. The number of rotatable bonds is 10. The van der Waals surface area contributed by atoms with Crippen molar-refractivity contribution in [2.45, 2.75) is 18.9 Å². The number of carboxylic acid groups (broad SMARTS) is 1. The molecule has 156 valence electrons. The van der Waals surface area contributed by atoms with Gasteiger partial charge >= 0.3 is 5.97 Å². The van der Waals surface area contributed by atoms with Crippen molar-refractivity contribution in [1.29, 1.82) is 0 Å². The molecule has 2 N–H and O–H groups in total. The molecule has 1 aliphatic heterocycles. The van der Waals surface area contributed by atoms with Crippen molar-refractivity contribution in [3.63, 3.8) is 0 Å². The molecule has 0 saturated heterocycles. The lowest BCUT2D eigenvalue weighted by molar-refractivity contribution is -0.144. The molecule has 2 atom stereocenters. The average Bonchev–Trinajstić information content (AvgIpc) is 3.29. The normalized spacial score (nSPS) is 14.8. The lowest BCUT2D eigenvalue weighted by Crippen LogP contribution is -2.40. The fraction of sp³-hybridized carbons (Fsp3) is 0.304. The van der Waals surface area contributed by atoms with E-state index in [1.54, 1.807) is 6.08 Å². The Labute approximate surface area is 175 Å². The summed E-state index contributed by atoms with van der Waals surface area (Å²) < 4.78 is 5.05. The molecular formula is C23H25N3O4. The number of hydrogen-bond acceptors (Lipinski definition) is 5. The third kappa shape index (κ3) is 5.84. The van der Waals surface area contributed by atoms with E-state index in [1.807, 2.05) is 54.6 Å². The minimum atomic E-state index is -0.949. The first-order chi connectivity index (χ1) is 14.6. The quantitative estimate of drug-likeness (QED) is 0.630. The van der Waals surface area contributed by atoms with Gasteiger partial charge in [0.15, 0.2) is 0 Å². The van der Waals surface area contributed by atoms with Gasteiger partial charge < -0.3 is 15.2 Å². The number of carbonyl (C=O) groups excluding carboxylic acids is 1. The molecule has 0 radical (unpaired) electrons. The Morgan fingerprint density at radius 3 is 2.40 bits per heavy atom. The summed E-state index contributed by atoms with van der Waals surface area (Å²) in [5, 5.41) is 20.0. The molecule has 1 heterocycles. The number of carbonyl (C=O) groups is 2. The van der Waals surface area contributed by atoms with Gasteiger partial charge in [0.25, 0.3) is 5.91 Å². The highest BCUT2D eigenvalue weighted by atomic mass is 16.5. The van der Waals surface area contributed by atoms with Gasteiger partial charge in [-0.2, -0.15) is 10.2 Å². The van der Waals surface area contributed by atoms with Gasteiger partial charge in [0.2, 0.25) is 0 Å². The Hall–Kier alpha value is -3.32. The van der Waals surface area contributed by atoms with E-state index in [2.05, 4.69) is 15.5 Å². The Morgan fingerprint density at radius 1 is 1.10 bits per heavy atom. The second-order valence-electron chi connectivity index (χ2n) is 7.18. The summed E-state index contributed by atoms with van der Waals surface area (Å²) in [6, 6.07) is 17.7. The Morgan fingerprint density at radius 2 is 1.80 bits per heavy atom. The monoisotopic (exact) mass is 407 g/mol. The van der Waals surface area contributed by atoms with Crippen LogP contribution in [0.5, 0.6) is 0 Å². The minimum Gasteiger partial charge on any atom is -0.481 e. The molecule has 2 aromatic rings. The van der Waals surface area contributed by atoms with Crippen molar-refractivity contribution in [1.82, 2.24) is 5.32 Å². The number of methoxy groups -OCH3 is 1. The topological polar surface area (TPSA) is 100 Å². The van der Waals surface area contributed by atoms with Gasteiger partial charge in [-0.15, -0.1) is 0 Å². The Bertz CT molecular complexity index is 923. The average molecular weight is 407 g/mol. The summed E-state index contributed by atoms with van der Waals surface area (Å²) in [5.74, 6) is -2.01. The number of nitrogens with one attached hydrogen (secondary N) is 1. The van der Waals surface area contributed by atoms with E-state index in [0.29, 0.717) is 13.0 Å². The molecule has 0 bridgehead atoms. The van der Waals surface area contributed by atoms with Crippen LogP contribution in [0.2, 0.25) is 0 Å². The number of amides is 1. The van der Waals surface area contributed by atoms with Crippen LogP contribution in [-0.2, 0) is 20.7 Å². The predicted molar refractivity (Wildman–Crippen MR) is 113 cm³/mol. The van der Waals surface area contributed by atoms with Crippen molar-refractivity contribution in [2.75, 3.05) is 20.3 Å². The molecule has 0 unspecified atom stereocenters. The largest absolute Gasteiger partial charge is 0.481 e. The van der Waals surface area contributed by atoms with Crippen molar-refractivity contribution in [3.8, 4) is 11.1 Å². The standard InChI is InChI=1S/C23H25N3O4/c1-30-15-19(23(28)29)14-20(25-22(27)21-11-12-24-26-21)13-16-7-9-18(10-8-16)17-5-3-2-4-6-17/h2-11,19-20H,12-15H2,1H3,(H,25,27)(H,28,29)/t19-,20+/m0/s1. The van der Waals surface area contributed by atoms with Crippen molar-refractivity contribution >= 4 is 11.9 Å². The highest BCUT2D eigenvalue weighted by molar-refractivity contribution is 5.93. The van der Waals surface area contributed by atoms with Crippen LogP contribution < -0.4 is 5.32 Å². The first-order valence-corrected chi connectivity index (χ1v) is 9.81. The van der Waals surface area contributed by atoms with Crippen LogP contribution in [0, 0.1) is 5.92 Å². The molecule has 0 saturated carbocycles. The molecule has 7 nitrogen and oxygen atoms in total. The lowest BCUT2D eigenvalue weighted by atomic mass is 9.94. The summed E-state index contributed by atoms with van der Waals surface area (Å²) in [7, 11) is 1.47. The van der Waals surface area contributed by atoms with E-state index in [-0.39, 0.29) is 30.7 Å². The smallest absolute Gasteiger partial charge is 0.308 e. The highest BCUT2D eigenvalue weighted by Gasteiger charge is 2.25. The molecule has 3 rings (SSSR count). The maximum Gasteiger partial charge on any atom is 0.308 e. The number of nitrogens with zero attached hydrogens (tertiary/aromatic N) is 2. The van der Waals surface area contributed by atoms with Gasteiger partial charge in [0, 0.05) is 13.2 Å². The first-order valence-electron chi connectivity index (χ1n) is 9.81. The number of carboxylic acids is 1. The summed E-state index contributed by atoms with van der Waals surface area (Å²) in [6.45, 7) is 0.465. The van der Waals surface area contributed by atoms with Gasteiger partial charge in [-0.25, -0.2) is 0 Å². The maximum absolute atomic E-state index is 12.5. The molecule has 30 heavy (non-hydrogen) atoms. The summed E-state index contributed by atoms with van der Waals surface area (Å²) >= 11 is 0. The highest BCUT2D eigenvalue weighted by Crippen LogP contribution is 2.21. The number of aliphatic carboxylic acids is 1. The van der Waals surface area contributed by atoms with E-state index >= 15 is 0 Å². The zero-order valence-corrected chi connectivity index (χ0v) is 16.8. The van der Waals surface area contributed by atoms with Crippen LogP contribution in [0.3, 0.4) is 0 Å². The fourth-order valence-electron chi connectivity index (χ4n) is 3.41. The van der Waals surface area contributed by atoms with Crippen LogP contribution in [0.25, 0.3) is 11.1 Å². The van der Waals surface area contributed by atoms with Crippen molar-refractivity contribution in [2.24, 2.45) is 16.1 Å². The van der Waals surface area contributed by atoms with Gasteiger partial charge in [-0.3, -0.25) is 9.59 Å². The molecule has 0 aliphatic carbocycles. The lowest BCUT2D eigenvalue weighted by Gasteiger charge is -2.22. The van der Waals surface area contributed by atoms with Gasteiger partial charge in [-0.1, -0.05) is 54.6 Å². The maximum atomic E-state index is 12.5. The van der Waals surface area contributed by atoms with E-state index in [4.69, 9.17) is 4.74 Å². The van der Waals surface area contributed by atoms with Crippen LogP contribution >= 0.6 is 0 Å². The van der Waals surface area contributed by atoms with Crippen LogP contribution in [0.15, 0.2) is 76.6 Å². The molecule has 2 aromatic carbocycles. The fourth-order valence-corrected chi connectivity index (χ4v) is 3.41. The molecule has 0 fully saturated rings. The van der Waals surface area contributed by atoms with E-state index in [0.717, 1.165) is 16.7 Å². The molecule has 1 aliphatic rings. The number of ether oxygens (including phenoxy) is 1. The van der Waals surface area contributed by atoms with Gasteiger partial charge in [0.05, 0.1) is 19.1 Å². The second kappa shape index (κ2) is 10.5.